The van der Waals surface area contributed by atoms with Crippen molar-refractivity contribution in [2.75, 3.05) is 5.43 Å². The first-order chi connectivity index (χ1) is 15.2. The Bertz CT molecular complexity index is 1160. The first kappa shape index (κ1) is 20.1. The highest BCUT2D eigenvalue weighted by molar-refractivity contribution is 5.99. The van der Waals surface area contributed by atoms with Crippen molar-refractivity contribution in [3.05, 3.63) is 96.1 Å². The van der Waals surface area contributed by atoms with Gasteiger partial charge < -0.3 is 0 Å². The van der Waals surface area contributed by atoms with Crippen molar-refractivity contribution in [1.29, 1.82) is 0 Å². The average Bonchev–Trinajstić information content (AvgIpc) is 3.29. The van der Waals surface area contributed by atoms with E-state index in [9.17, 15) is 0 Å². The second kappa shape index (κ2) is 9.53. The molecule has 1 N–H and O–H groups in total. The molecule has 8 nitrogen and oxygen atoms in total. The van der Waals surface area contributed by atoms with Crippen molar-refractivity contribution in [2.45, 2.75) is 19.8 Å². The predicted octanol–water partition coefficient (Wildman–Crippen LogP) is 5.34. The highest BCUT2D eigenvalue weighted by Gasteiger charge is 2.08. The molecule has 0 bridgehead atoms. The van der Waals surface area contributed by atoms with Crippen molar-refractivity contribution in [2.24, 2.45) is 15.3 Å². The molecule has 4 rings (SSSR count). The van der Waals surface area contributed by atoms with Crippen molar-refractivity contribution in [1.82, 2.24) is 20.2 Å². The van der Waals surface area contributed by atoms with E-state index in [0.717, 1.165) is 16.9 Å². The number of nitrogens with zero attached hydrogens (tertiary/aromatic N) is 7. The Balaban J connectivity index is 1.61. The summed E-state index contributed by atoms with van der Waals surface area (Å²) in [6.07, 6.45) is 0. The van der Waals surface area contributed by atoms with Gasteiger partial charge in [0.25, 0.3) is 5.95 Å². The molecule has 4 aromatic rings. The third-order valence-corrected chi connectivity index (χ3v) is 4.59. The van der Waals surface area contributed by atoms with E-state index in [4.69, 9.17) is 0 Å². The molecular weight excluding hydrogens is 388 g/mol. The molecule has 0 radical (unpaired) electrons. The van der Waals surface area contributed by atoms with Gasteiger partial charge in [-0.3, -0.25) is 5.43 Å². The summed E-state index contributed by atoms with van der Waals surface area (Å²) in [4.78, 5) is 0. The zero-order chi connectivity index (χ0) is 21.5. The van der Waals surface area contributed by atoms with Crippen molar-refractivity contribution in [3.8, 4) is 5.69 Å². The van der Waals surface area contributed by atoms with Crippen molar-refractivity contribution in [3.63, 3.8) is 0 Å². The summed E-state index contributed by atoms with van der Waals surface area (Å²) in [5, 5.41) is 24.7. The van der Waals surface area contributed by atoms with E-state index < -0.39 is 0 Å². The van der Waals surface area contributed by atoms with Crippen LogP contribution in [-0.2, 0) is 0 Å². The average molecular weight is 410 g/mol. The predicted molar refractivity (Wildman–Crippen MR) is 121 cm³/mol. The largest absolute Gasteiger partial charge is 0.292 e. The second-order valence-electron chi connectivity index (χ2n) is 7.12. The van der Waals surface area contributed by atoms with E-state index in [-0.39, 0.29) is 5.95 Å². The fourth-order valence-electron chi connectivity index (χ4n) is 2.87. The van der Waals surface area contributed by atoms with Crippen LogP contribution in [0.5, 0.6) is 0 Å². The van der Waals surface area contributed by atoms with Gasteiger partial charge in [-0.2, -0.15) is 9.78 Å². The highest BCUT2D eigenvalue weighted by Crippen LogP contribution is 2.18. The molecule has 31 heavy (non-hydrogen) atoms. The molecule has 8 heteroatoms. The Kier molecular flexibility index (Phi) is 6.18. The zero-order valence-corrected chi connectivity index (χ0v) is 17.3. The first-order valence-electron chi connectivity index (χ1n) is 9.95. The lowest BCUT2D eigenvalue weighted by molar-refractivity contribution is 0.788. The Labute approximate surface area is 180 Å². The van der Waals surface area contributed by atoms with E-state index in [1.165, 1.54) is 10.2 Å². The minimum Gasteiger partial charge on any atom is -0.276 e. The molecule has 0 aliphatic heterocycles. The van der Waals surface area contributed by atoms with Gasteiger partial charge in [-0.25, -0.2) is 0 Å². The molecule has 1 heterocycles. The van der Waals surface area contributed by atoms with Gasteiger partial charge in [0.1, 0.15) is 0 Å². The van der Waals surface area contributed by atoms with Crippen LogP contribution >= 0.6 is 0 Å². The number of aromatic nitrogens is 4. The van der Waals surface area contributed by atoms with Crippen LogP contribution < -0.4 is 5.43 Å². The smallest absolute Gasteiger partial charge is 0.276 e. The van der Waals surface area contributed by atoms with Gasteiger partial charge in [-0.1, -0.05) is 79.6 Å². The number of hydrogen-bond acceptors (Lipinski definition) is 6. The normalized spacial score (nSPS) is 11.9. The molecule has 154 valence electrons. The molecule has 0 saturated heterocycles. The molecule has 0 saturated carbocycles. The topological polar surface area (TPSA) is 92.7 Å². The maximum absolute atomic E-state index is 4.47. The number of hydrogen-bond donors (Lipinski definition) is 1. The van der Waals surface area contributed by atoms with Crippen LogP contribution in [0.25, 0.3) is 5.69 Å². The summed E-state index contributed by atoms with van der Waals surface area (Å²) in [6.45, 7) is 4.33. The number of azo groups is 1. The summed E-state index contributed by atoms with van der Waals surface area (Å²) in [5.41, 5.74) is 6.80. The molecule has 0 spiro atoms. The third-order valence-electron chi connectivity index (χ3n) is 4.59. The molecule has 0 unspecified atom stereocenters. The van der Waals surface area contributed by atoms with Crippen LogP contribution in [0, 0.1) is 0 Å². The van der Waals surface area contributed by atoms with Crippen molar-refractivity contribution >= 4 is 17.5 Å². The van der Waals surface area contributed by atoms with E-state index in [0.29, 0.717) is 11.8 Å². The number of tetrazole rings is 1. The standard InChI is InChI=1S/C23H22N8/c1-17(2)18-13-15-20(16-14-18)24-25-22(19-9-5-3-6-10-19)26-27-23-28-29-30-31(23)21-11-7-4-8-12-21/h3-17,24H,1-2H3/b25-22-,27-26?. The van der Waals surface area contributed by atoms with E-state index >= 15 is 0 Å². The van der Waals surface area contributed by atoms with E-state index in [1.807, 2.05) is 72.8 Å². The Morgan fingerprint density at radius 2 is 1.55 bits per heavy atom. The maximum atomic E-state index is 4.47. The number of para-hydroxylation sites is 1. The fourth-order valence-corrected chi connectivity index (χ4v) is 2.87. The van der Waals surface area contributed by atoms with Gasteiger partial charge in [-0.05, 0) is 46.2 Å². The SMILES string of the molecule is CC(C)c1ccc(N/N=C(\N=Nc2nnnn2-c2ccccc2)c2ccccc2)cc1. The molecule has 0 fully saturated rings. The lowest BCUT2D eigenvalue weighted by Crippen LogP contribution is -2.02. The van der Waals surface area contributed by atoms with Crippen LogP contribution in [0.1, 0.15) is 30.9 Å². The summed E-state index contributed by atoms with van der Waals surface area (Å²) >= 11 is 0. The Morgan fingerprint density at radius 1 is 0.871 bits per heavy atom. The van der Waals surface area contributed by atoms with E-state index in [2.05, 4.69) is 62.3 Å². The minimum absolute atomic E-state index is 0.260. The Hall–Kier alpha value is -4.20. The second-order valence-corrected chi connectivity index (χ2v) is 7.12. The fraction of sp³-hybridized carbons (Fsp3) is 0.130. The molecule has 0 aliphatic carbocycles. The van der Waals surface area contributed by atoms with Crippen LogP contribution in [0.4, 0.5) is 11.6 Å². The van der Waals surface area contributed by atoms with Gasteiger partial charge in [-0.15, -0.1) is 10.2 Å². The minimum atomic E-state index is 0.260. The molecular formula is C23H22N8. The number of rotatable bonds is 6. The van der Waals surface area contributed by atoms with Crippen molar-refractivity contribution < 1.29 is 0 Å². The zero-order valence-electron chi connectivity index (χ0n) is 17.3. The van der Waals surface area contributed by atoms with Gasteiger partial charge in [0.15, 0.2) is 0 Å². The quantitative estimate of drug-likeness (QED) is 0.201. The van der Waals surface area contributed by atoms with Crippen LogP contribution in [0.2, 0.25) is 0 Å². The lowest BCUT2D eigenvalue weighted by Gasteiger charge is -2.07. The number of hydrazone groups is 1. The number of amidine groups is 1. The summed E-state index contributed by atoms with van der Waals surface area (Å²) in [6, 6.07) is 27.3. The Morgan fingerprint density at radius 3 is 2.23 bits per heavy atom. The van der Waals surface area contributed by atoms with Gasteiger partial charge in [0.05, 0.1) is 11.4 Å². The number of benzene rings is 3. The molecule has 0 atom stereocenters. The monoisotopic (exact) mass is 410 g/mol. The highest BCUT2D eigenvalue weighted by atomic mass is 15.6. The summed E-state index contributed by atoms with van der Waals surface area (Å²) in [7, 11) is 0. The van der Waals surface area contributed by atoms with Gasteiger partial charge >= 0.3 is 0 Å². The van der Waals surface area contributed by atoms with Crippen LogP contribution in [0.15, 0.2) is 100 Å². The number of anilines is 1. The first-order valence-corrected chi connectivity index (χ1v) is 9.95. The van der Waals surface area contributed by atoms with Gasteiger partial charge in [0, 0.05) is 5.56 Å². The van der Waals surface area contributed by atoms with Crippen LogP contribution in [0.3, 0.4) is 0 Å². The van der Waals surface area contributed by atoms with E-state index in [1.54, 1.807) is 0 Å². The molecule has 3 aromatic carbocycles. The van der Waals surface area contributed by atoms with Gasteiger partial charge in [0.2, 0.25) is 5.84 Å². The van der Waals surface area contributed by atoms with Crippen LogP contribution in [-0.4, -0.2) is 26.0 Å². The summed E-state index contributed by atoms with van der Waals surface area (Å²) in [5.74, 6) is 1.15. The number of nitrogens with one attached hydrogen (secondary N) is 1. The lowest BCUT2D eigenvalue weighted by atomic mass is 10.0. The third kappa shape index (κ3) is 5.05. The maximum Gasteiger partial charge on any atom is 0.292 e. The molecule has 1 aromatic heterocycles. The molecule has 0 aliphatic rings. The molecule has 0 amide bonds. The summed E-state index contributed by atoms with van der Waals surface area (Å²) < 4.78 is 1.52.